The van der Waals surface area contributed by atoms with Crippen LogP contribution in [0.1, 0.15) is 11.1 Å². The molecule has 3 atom stereocenters. The van der Waals surface area contributed by atoms with Crippen LogP contribution >= 0.6 is 80.3 Å². The van der Waals surface area contributed by atoms with Crippen molar-refractivity contribution in [2.45, 2.75) is 47.1 Å². The molecule has 0 radical (unpaired) electrons. The minimum atomic E-state index is -4.85. The van der Waals surface area contributed by atoms with Crippen molar-refractivity contribution < 1.29 is 70.7 Å². The van der Waals surface area contributed by atoms with Crippen LogP contribution in [0.5, 0.6) is 17.2 Å². The molecule has 400 valence electrons. The molecule has 2 aromatic heterocycles. The van der Waals surface area contributed by atoms with Crippen molar-refractivity contribution in [3.8, 4) is 17.2 Å². The quantitative estimate of drug-likeness (QED) is 0.0465. The molecule has 0 fully saturated rings. The SMILES string of the molecule is COc1cc(Cl)cc(Cl)c1.COc1cc(Cl)cc(Cl)c1S(=O)(=O)Cl.COc1cc(Cl)cc(Cl)c1S(=O)(=O)NC(Cc1c[nH]c2ccccc12)C(F)(F)F.NC(Cc1c[nH]c2ccccc12)C(F)(F)F.O=S([O-])O. The van der Waals surface area contributed by atoms with Gasteiger partial charge in [-0.2, -0.15) is 31.1 Å². The van der Waals surface area contributed by atoms with Crippen LogP contribution in [0, 0.1) is 0 Å². The van der Waals surface area contributed by atoms with Crippen LogP contribution in [0.25, 0.3) is 21.8 Å². The molecule has 0 aliphatic carbocycles. The molecule has 0 saturated heterocycles. The summed E-state index contributed by atoms with van der Waals surface area (Å²) in [5.41, 5.74) is 7.48. The largest absolute Gasteiger partial charge is 0.750 e. The summed E-state index contributed by atoms with van der Waals surface area (Å²) in [6.45, 7) is 0. The highest BCUT2D eigenvalue weighted by Gasteiger charge is 2.43. The first-order chi connectivity index (χ1) is 33.8. The Balaban J connectivity index is 0.000000270. The topological polar surface area (TPSA) is 226 Å². The molecule has 0 bridgehead atoms. The van der Waals surface area contributed by atoms with Gasteiger partial charge in [0.15, 0.2) is 0 Å². The Hall–Kier alpha value is -3.92. The molecule has 73 heavy (non-hydrogen) atoms. The van der Waals surface area contributed by atoms with E-state index in [0.717, 1.165) is 30.1 Å². The number of ether oxygens (including phenoxy) is 3. The molecule has 0 spiro atoms. The molecule has 5 aromatic carbocycles. The molecule has 3 unspecified atom stereocenters. The summed E-state index contributed by atoms with van der Waals surface area (Å²) in [6, 6.07) is 19.7. The fourth-order valence-electron chi connectivity index (χ4n) is 6.16. The number of nitrogens with two attached hydrogens (primary N) is 1. The first kappa shape index (κ1) is 63.4. The molecular weight excluding hydrogens is 1190 g/mol. The second-order valence-corrected chi connectivity index (χ2v) is 21.4. The Bertz CT molecular complexity index is 3200. The number of H-pyrrole nitrogens is 2. The van der Waals surface area contributed by atoms with Gasteiger partial charge in [0, 0.05) is 77.1 Å². The number of hydrogen-bond donors (Lipinski definition) is 5. The maximum absolute atomic E-state index is 13.7. The highest BCUT2D eigenvalue weighted by atomic mass is 35.7. The van der Waals surface area contributed by atoms with Crippen LogP contribution in [0.15, 0.2) is 113 Å². The number of aromatic amines is 2. The predicted octanol–water partition coefficient (Wildman–Crippen LogP) is 12.8. The highest BCUT2D eigenvalue weighted by molar-refractivity contribution is 8.14. The number of benzene rings is 5. The van der Waals surface area contributed by atoms with Gasteiger partial charge in [0.1, 0.15) is 39.1 Å². The molecular formula is C43H38Cl7F6N4O10S3-. The summed E-state index contributed by atoms with van der Waals surface area (Å²) in [7, 11) is 0.575. The van der Waals surface area contributed by atoms with E-state index in [1.54, 1.807) is 72.6 Å². The van der Waals surface area contributed by atoms with E-state index in [1.807, 2.05) is 12.1 Å². The van der Waals surface area contributed by atoms with Gasteiger partial charge in [-0.05, 0) is 66.4 Å². The van der Waals surface area contributed by atoms with E-state index in [2.05, 4.69) is 9.97 Å². The number of aromatic nitrogens is 2. The van der Waals surface area contributed by atoms with Gasteiger partial charge in [-0.1, -0.05) is 106 Å². The molecule has 2 heterocycles. The molecule has 7 aromatic rings. The maximum atomic E-state index is 13.7. The van der Waals surface area contributed by atoms with E-state index in [0.29, 0.717) is 37.8 Å². The zero-order chi connectivity index (χ0) is 55.2. The first-order valence-corrected chi connectivity index (χ1v) is 26.7. The van der Waals surface area contributed by atoms with Crippen molar-refractivity contribution in [1.82, 2.24) is 14.7 Å². The van der Waals surface area contributed by atoms with Crippen molar-refractivity contribution in [3.63, 3.8) is 0 Å². The van der Waals surface area contributed by atoms with Gasteiger partial charge in [-0.3, -0.25) is 0 Å². The molecule has 0 amide bonds. The zero-order valence-electron chi connectivity index (χ0n) is 37.2. The smallest absolute Gasteiger partial charge is 0.405 e. The molecule has 0 aliphatic rings. The Labute approximate surface area is 450 Å². The van der Waals surface area contributed by atoms with Crippen molar-refractivity contribution in [2.24, 2.45) is 5.73 Å². The van der Waals surface area contributed by atoms with Crippen molar-refractivity contribution in [2.75, 3.05) is 21.3 Å². The average Bonchev–Trinajstić information content (AvgIpc) is 3.88. The number of rotatable bonds is 11. The number of halogens is 13. The van der Waals surface area contributed by atoms with E-state index in [4.69, 9.17) is 114 Å². The lowest BCUT2D eigenvalue weighted by Gasteiger charge is -2.22. The third-order valence-electron chi connectivity index (χ3n) is 9.30. The van der Waals surface area contributed by atoms with E-state index >= 15 is 0 Å². The predicted molar refractivity (Wildman–Crippen MR) is 272 cm³/mol. The fourth-order valence-corrected chi connectivity index (χ4v) is 10.9. The molecule has 0 aliphatic heterocycles. The molecule has 0 saturated carbocycles. The van der Waals surface area contributed by atoms with Gasteiger partial charge < -0.3 is 39.0 Å². The van der Waals surface area contributed by atoms with Gasteiger partial charge in [-0.15, -0.1) is 0 Å². The second kappa shape index (κ2) is 27.7. The number of methoxy groups -OCH3 is 3. The van der Waals surface area contributed by atoms with Crippen LogP contribution in [0.3, 0.4) is 0 Å². The lowest BCUT2D eigenvalue weighted by Crippen LogP contribution is -2.46. The summed E-state index contributed by atoms with van der Waals surface area (Å²) in [5.74, 6) is 0.443. The second-order valence-electron chi connectivity index (χ2n) is 14.3. The highest BCUT2D eigenvalue weighted by Crippen LogP contribution is 2.38. The Morgan fingerprint density at radius 2 is 1.05 bits per heavy atom. The van der Waals surface area contributed by atoms with Gasteiger partial charge in [0.2, 0.25) is 10.0 Å². The lowest BCUT2D eigenvalue weighted by atomic mass is 10.1. The summed E-state index contributed by atoms with van der Waals surface area (Å²) in [4.78, 5) is 4.91. The van der Waals surface area contributed by atoms with Gasteiger partial charge in [0.25, 0.3) is 9.05 Å². The Morgan fingerprint density at radius 1 is 0.658 bits per heavy atom. The zero-order valence-corrected chi connectivity index (χ0v) is 45.0. The van der Waals surface area contributed by atoms with Gasteiger partial charge in [-0.25, -0.2) is 21.0 Å². The summed E-state index contributed by atoms with van der Waals surface area (Å²) in [6.07, 6.45) is -7.01. The van der Waals surface area contributed by atoms with E-state index in [9.17, 15) is 43.2 Å². The number of nitrogens with one attached hydrogen (secondary N) is 3. The number of para-hydroxylation sites is 2. The van der Waals surface area contributed by atoms with Crippen molar-refractivity contribution >= 4 is 133 Å². The molecule has 7 rings (SSSR count). The summed E-state index contributed by atoms with van der Waals surface area (Å²) in [5, 5.41) is 2.48. The third-order valence-corrected chi connectivity index (χ3v) is 13.9. The Morgan fingerprint density at radius 3 is 1.45 bits per heavy atom. The van der Waals surface area contributed by atoms with E-state index in [1.165, 1.54) is 25.4 Å². The van der Waals surface area contributed by atoms with Gasteiger partial charge >= 0.3 is 12.4 Å². The van der Waals surface area contributed by atoms with Crippen molar-refractivity contribution in [1.29, 1.82) is 0 Å². The Kier molecular flexibility index (Phi) is 24.1. The third kappa shape index (κ3) is 19.6. The minimum Gasteiger partial charge on any atom is -0.750 e. The number of sulfonamides is 1. The van der Waals surface area contributed by atoms with E-state index < -0.39 is 66.2 Å². The van der Waals surface area contributed by atoms with E-state index in [-0.39, 0.29) is 42.9 Å². The first-order valence-electron chi connectivity index (χ1n) is 19.6. The number of hydrogen-bond acceptors (Lipinski definition) is 10. The molecule has 14 nitrogen and oxygen atoms in total. The number of alkyl halides is 6. The van der Waals surface area contributed by atoms with Crippen LogP contribution in [0.2, 0.25) is 30.1 Å². The minimum absolute atomic E-state index is 0.0255. The fraction of sp³-hybridized carbons (Fsp3) is 0.209. The summed E-state index contributed by atoms with van der Waals surface area (Å²) < 4.78 is 166. The van der Waals surface area contributed by atoms with Crippen LogP contribution in [0.4, 0.5) is 26.3 Å². The lowest BCUT2D eigenvalue weighted by molar-refractivity contribution is -0.151. The molecule has 30 heteroatoms. The average molecular weight is 1230 g/mol. The maximum Gasteiger partial charge on any atom is 0.405 e. The summed E-state index contributed by atoms with van der Waals surface area (Å²) >= 11 is 31.5. The van der Waals surface area contributed by atoms with Crippen LogP contribution in [-0.2, 0) is 43.3 Å². The van der Waals surface area contributed by atoms with Crippen LogP contribution < -0.4 is 24.7 Å². The molecule has 6 N–H and O–H groups in total. The van der Waals surface area contributed by atoms with Crippen molar-refractivity contribution in [3.05, 3.63) is 145 Å². The standard InChI is InChI=1S/C18H15Cl2F3N2O3S.C11H11F3N2.C7H5Cl3O3S.C7H6Cl2O.H2O3S/c1-28-15-8-11(19)7-13(20)17(15)29(26,27)25-16(18(21,22)23)6-10-9-24-14-5-3-2-4-12(10)14;12-11(13,14)10(15)5-7-6-16-9-4-2-1-3-8(7)9;1-13-6-3-4(8)2-5(9)7(6)14(10,11)12;1-10-7-3-5(8)2-6(9)4-7;1-4(2)3/h2-5,7-9,16,24-25H,6H2,1H3;1-4,6,10,16H,5,15H2;2-3H,1H3;2-4H,1H3;(H2,1,2,3)/p-1. The normalized spacial score (nSPS) is 12.9. The van der Waals surface area contributed by atoms with Crippen LogP contribution in [-0.4, -0.2) is 85.9 Å². The van der Waals surface area contributed by atoms with Gasteiger partial charge in [0.05, 0.1) is 42.7 Å². The monoisotopic (exact) mass is 1220 g/mol. The number of fused-ring (bicyclic) bond motifs is 2.